The highest BCUT2D eigenvalue weighted by Gasteiger charge is 2.14. The van der Waals surface area contributed by atoms with Crippen molar-refractivity contribution < 1.29 is 14.3 Å². The van der Waals surface area contributed by atoms with Crippen molar-refractivity contribution in [3.05, 3.63) is 104 Å². The van der Waals surface area contributed by atoms with Gasteiger partial charge in [-0.25, -0.2) is 9.59 Å². The second-order valence-electron chi connectivity index (χ2n) is 6.58. The molecule has 1 heterocycles. The van der Waals surface area contributed by atoms with Crippen LogP contribution >= 0.6 is 15.9 Å². The third-order valence-electron chi connectivity index (χ3n) is 4.35. The summed E-state index contributed by atoms with van der Waals surface area (Å²) in [6, 6.07) is 18.2. The Morgan fingerprint density at radius 3 is 2.37 bits per heavy atom. The smallest absolute Gasteiger partial charge is 0.338 e. The van der Waals surface area contributed by atoms with Crippen LogP contribution in [0.1, 0.15) is 21.5 Å². The van der Waals surface area contributed by atoms with E-state index >= 15 is 0 Å². The molecule has 8 heteroatoms. The normalized spacial score (nSPS) is 11.8. The number of rotatable bonds is 9. The lowest BCUT2D eigenvalue weighted by atomic mass is 10.1. The van der Waals surface area contributed by atoms with Gasteiger partial charge in [0.05, 0.1) is 5.56 Å². The number of halogens is 1. The van der Waals surface area contributed by atoms with Crippen LogP contribution in [0.5, 0.6) is 0 Å². The van der Waals surface area contributed by atoms with Crippen LogP contribution in [-0.2, 0) is 22.6 Å². The number of esters is 1. The Labute approximate surface area is 181 Å². The highest BCUT2D eigenvalue weighted by molar-refractivity contribution is 9.09. The van der Waals surface area contributed by atoms with Crippen molar-refractivity contribution in [1.29, 1.82) is 0 Å². The molecular weight excluding hydrogens is 452 g/mol. The number of aromatic amines is 1. The molecule has 30 heavy (non-hydrogen) atoms. The van der Waals surface area contributed by atoms with Crippen LogP contribution in [0.25, 0.3) is 0 Å². The number of benzene rings is 2. The molecule has 0 fully saturated rings. The molecule has 0 spiro atoms. The minimum absolute atomic E-state index is 0.0218. The van der Waals surface area contributed by atoms with E-state index in [0.717, 1.165) is 5.56 Å². The third kappa shape index (κ3) is 6.01. The first-order valence-electron chi connectivity index (χ1n) is 9.33. The quantitative estimate of drug-likeness (QED) is 0.381. The number of carbonyl (C=O) groups excluding carboxylic acids is 1. The second kappa shape index (κ2) is 10.7. The lowest BCUT2D eigenvalue weighted by Gasteiger charge is -2.16. The van der Waals surface area contributed by atoms with Crippen LogP contribution in [0.4, 0.5) is 0 Å². The number of nitrogens with one attached hydrogen (secondary N) is 1. The van der Waals surface area contributed by atoms with E-state index < -0.39 is 23.3 Å². The topological polar surface area (TPSA) is 90.4 Å². The standard InChI is InChI=1S/C22H21BrN2O5/c23-12-19(14-29-21(27)17-9-5-2-6-10-17)30-15-25-13-18(20(26)24-22(25)28)11-16-7-3-1-4-8-16/h1-10,13,19H,11-12,14-15H2,(H,24,26,28). The number of nitrogens with zero attached hydrogens (tertiary/aromatic N) is 1. The van der Waals surface area contributed by atoms with Crippen LogP contribution in [0.15, 0.2) is 76.4 Å². The minimum atomic E-state index is -0.564. The van der Waals surface area contributed by atoms with Crippen molar-refractivity contribution in [3.8, 4) is 0 Å². The van der Waals surface area contributed by atoms with Gasteiger partial charge in [-0.05, 0) is 17.7 Å². The maximum atomic E-state index is 12.1. The number of ether oxygens (including phenoxy) is 2. The summed E-state index contributed by atoms with van der Waals surface area (Å²) in [7, 11) is 0. The van der Waals surface area contributed by atoms with E-state index in [-0.39, 0.29) is 13.3 Å². The van der Waals surface area contributed by atoms with Crippen LogP contribution < -0.4 is 11.2 Å². The van der Waals surface area contributed by atoms with Crippen LogP contribution in [0, 0.1) is 0 Å². The van der Waals surface area contributed by atoms with Gasteiger partial charge in [-0.2, -0.15) is 0 Å². The molecule has 0 bridgehead atoms. The average Bonchev–Trinajstić information content (AvgIpc) is 2.77. The molecule has 0 aliphatic rings. The van der Waals surface area contributed by atoms with Gasteiger partial charge in [0.1, 0.15) is 19.4 Å². The molecule has 3 rings (SSSR count). The zero-order valence-corrected chi connectivity index (χ0v) is 17.7. The summed E-state index contributed by atoms with van der Waals surface area (Å²) in [6.07, 6.45) is 1.43. The molecule has 2 aromatic carbocycles. The zero-order chi connectivity index (χ0) is 21.3. The molecule has 1 atom stereocenters. The summed E-state index contributed by atoms with van der Waals surface area (Å²) in [6.45, 7) is -0.0650. The van der Waals surface area contributed by atoms with E-state index in [0.29, 0.717) is 22.9 Å². The molecule has 0 amide bonds. The number of H-pyrrole nitrogens is 1. The Morgan fingerprint density at radius 1 is 1.03 bits per heavy atom. The Balaban J connectivity index is 1.62. The second-order valence-corrected chi connectivity index (χ2v) is 7.23. The van der Waals surface area contributed by atoms with Gasteiger partial charge < -0.3 is 9.47 Å². The third-order valence-corrected chi connectivity index (χ3v) is 5.08. The predicted octanol–water partition coefficient (Wildman–Crippen LogP) is 2.72. The first kappa shape index (κ1) is 21.7. The largest absolute Gasteiger partial charge is 0.459 e. The summed E-state index contributed by atoms with van der Waals surface area (Å²) in [4.78, 5) is 38.6. The Morgan fingerprint density at radius 2 is 1.70 bits per heavy atom. The van der Waals surface area contributed by atoms with Crippen molar-refractivity contribution in [2.75, 3.05) is 11.9 Å². The van der Waals surface area contributed by atoms with E-state index in [4.69, 9.17) is 9.47 Å². The molecule has 1 N–H and O–H groups in total. The summed E-state index contributed by atoms with van der Waals surface area (Å²) >= 11 is 3.32. The summed E-state index contributed by atoms with van der Waals surface area (Å²) in [5, 5.41) is 0.407. The van der Waals surface area contributed by atoms with Gasteiger partial charge >= 0.3 is 11.7 Å². The Hall–Kier alpha value is -2.97. The molecule has 3 aromatic rings. The molecular formula is C22H21BrN2O5. The van der Waals surface area contributed by atoms with Crippen molar-refractivity contribution in [1.82, 2.24) is 9.55 Å². The summed E-state index contributed by atoms with van der Waals surface area (Å²) in [5.41, 5.74) is 0.879. The maximum absolute atomic E-state index is 12.1. The van der Waals surface area contributed by atoms with Gasteiger partial charge in [0, 0.05) is 23.5 Å². The molecule has 0 aliphatic carbocycles. The lowest BCUT2D eigenvalue weighted by Crippen LogP contribution is -2.34. The van der Waals surface area contributed by atoms with E-state index in [9.17, 15) is 14.4 Å². The summed E-state index contributed by atoms with van der Waals surface area (Å²) in [5.74, 6) is -0.448. The highest BCUT2D eigenvalue weighted by Crippen LogP contribution is 2.07. The van der Waals surface area contributed by atoms with Crippen LogP contribution in [0.2, 0.25) is 0 Å². The molecule has 0 radical (unpaired) electrons. The van der Waals surface area contributed by atoms with E-state index in [2.05, 4.69) is 20.9 Å². The number of hydrogen-bond acceptors (Lipinski definition) is 5. The molecule has 1 unspecified atom stereocenters. The highest BCUT2D eigenvalue weighted by atomic mass is 79.9. The SMILES string of the molecule is O=C(OCC(CBr)OCn1cc(Cc2ccccc2)c(=O)[nH]c1=O)c1ccccc1. The zero-order valence-electron chi connectivity index (χ0n) is 16.1. The molecule has 1 aromatic heterocycles. The van der Waals surface area contributed by atoms with Gasteiger partial charge in [-0.1, -0.05) is 64.5 Å². The fourth-order valence-electron chi connectivity index (χ4n) is 2.74. The van der Waals surface area contributed by atoms with Crippen molar-refractivity contribution in [2.45, 2.75) is 19.3 Å². The van der Waals surface area contributed by atoms with Gasteiger partial charge in [0.15, 0.2) is 0 Å². The molecule has 0 saturated carbocycles. The number of alkyl halides is 1. The van der Waals surface area contributed by atoms with E-state index in [1.807, 2.05) is 36.4 Å². The van der Waals surface area contributed by atoms with Crippen LogP contribution in [-0.4, -0.2) is 33.6 Å². The van der Waals surface area contributed by atoms with Crippen molar-refractivity contribution in [3.63, 3.8) is 0 Å². The first-order chi connectivity index (χ1) is 14.6. The Kier molecular flexibility index (Phi) is 7.75. The maximum Gasteiger partial charge on any atom is 0.338 e. The van der Waals surface area contributed by atoms with Crippen LogP contribution in [0.3, 0.4) is 0 Å². The van der Waals surface area contributed by atoms with E-state index in [1.54, 1.807) is 24.3 Å². The van der Waals surface area contributed by atoms with Gasteiger partial charge in [0.25, 0.3) is 5.56 Å². The van der Waals surface area contributed by atoms with Crippen molar-refractivity contribution in [2.24, 2.45) is 0 Å². The lowest BCUT2D eigenvalue weighted by molar-refractivity contribution is -0.0244. The van der Waals surface area contributed by atoms with Gasteiger partial charge in [-0.3, -0.25) is 14.3 Å². The number of hydrogen-bond donors (Lipinski definition) is 1. The fraction of sp³-hybridized carbons (Fsp3) is 0.227. The monoisotopic (exact) mass is 472 g/mol. The predicted molar refractivity (Wildman–Crippen MR) is 116 cm³/mol. The number of carbonyl (C=O) groups is 1. The molecule has 0 saturated heterocycles. The Bertz CT molecular complexity index is 1080. The van der Waals surface area contributed by atoms with Crippen molar-refractivity contribution >= 4 is 21.9 Å². The number of aromatic nitrogens is 2. The minimum Gasteiger partial charge on any atom is -0.459 e. The average molecular weight is 473 g/mol. The summed E-state index contributed by atoms with van der Waals surface area (Å²) < 4.78 is 12.3. The fourth-order valence-corrected chi connectivity index (χ4v) is 3.12. The first-order valence-corrected chi connectivity index (χ1v) is 10.4. The van der Waals surface area contributed by atoms with Gasteiger partial charge in [-0.15, -0.1) is 0 Å². The van der Waals surface area contributed by atoms with Gasteiger partial charge in [0.2, 0.25) is 0 Å². The molecule has 156 valence electrons. The molecule has 7 nitrogen and oxygen atoms in total. The molecule has 0 aliphatic heterocycles. The van der Waals surface area contributed by atoms with E-state index in [1.165, 1.54) is 10.8 Å².